The maximum Gasteiger partial charge on any atom is 0.269 e. The van der Waals surface area contributed by atoms with Crippen molar-refractivity contribution in [1.29, 1.82) is 0 Å². The van der Waals surface area contributed by atoms with Gasteiger partial charge >= 0.3 is 0 Å². The van der Waals surface area contributed by atoms with E-state index in [1.807, 2.05) is 0 Å². The summed E-state index contributed by atoms with van der Waals surface area (Å²) in [7, 11) is 0. The minimum atomic E-state index is -0.401. The molecule has 0 saturated carbocycles. The van der Waals surface area contributed by atoms with Crippen molar-refractivity contribution in [3.63, 3.8) is 0 Å². The molecule has 0 aliphatic heterocycles. The summed E-state index contributed by atoms with van der Waals surface area (Å²) in [4.78, 5) is 14.6. The number of non-ortho nitro benzene ring substituents is 1. The molecule has 110 valence electrons. The van der Waals surface area contributed by atoms with Gasteiger partial charge in [0.05, 0.1) is 11.5 Å². The number of hydrogen-bond donors (Lipinski definition) is 2. The zero-order valence-corrected chi connectivity index (χ0v) is 12.2. The third-order valence-electron chi connectivity index (χ3n) is 2.53. The summed E-state index contributed by atoms with van der Waals surface area (Å²) in [5, 5.41) is 17.1. The second-order valence-corrected chi connectivity index (χ2v) is 4.81. The van der Waals surface area contributed by atoms with Crippen LogP contribution in [0.4, 0.5) is 5.69 Å². The van der Waals surface area contributed by atoms with E-state index in [2.05, 4.69) is 36.4 Å². The van der Waals surface area contributed by atoms with Crippen molar-refractivity contribution in [3.8, 4) is 0 Å². The van der Waals surface area contributed by atoms with Crippen LogP contribution in [0.15, 0.2) is 29.3 Å². The van der Waals surface area contributed by atoms with Crippen LogP contribution in [-0.2, 0) is 6.54 Å². The van der Waals surface area contributed by atoms with Crippen LogP contribution in [0.25, 0.3) is 0 Å². The maximum atomic E-state index is 10.6. The van der Waals surface area contributed by atoms with Gasteiger partial charge in [-0.05, 0) is 25.8 Å². The van der Waals surface area contributed by atoms with E-state index >= 15 is 0 Å². The summed E-state index contributed by atoms with van der Waals surface area (Å²) >= 11 is 0. The zero-order valence-electron chi connectivity index (χ0n) is 12.2. The Kier molecular flexibility index (Phi) is 6.49. The Morgan fingerprint density at radius 3 is 2.50 bits per heavy atom. The van der Waals surface area contributed by atoms with Crippen LogP contribution in [0.5, 0.6) is 0 Å². The molecule has 0 atom stereocenters. The van der Waals surface area contributed by atoms with Crippen molar-refractivity contribution in [2.24, 2.45) is 4.99 Å². The molecule has 0 bridgehead atoms. The molecular weight excluding hydrogens is 256 g/mol. The fourth-order valence-corrected chi connectivity index (χ4v) is 1.56. The second-order valence-electron chi connectivity index (χ2n) is 4.81. The van der Waals surface area contributed by atoms with E-state index in [1.54, 1.807) is 12.1 Å². The lowest BCUT2D eigenvalue weighted by atomic mass is 10.2. The monoisotopic (exact) mass is 278 g/mol. The largest absolute Gasteiger partial charge is 0.356 e. The number of guanidine groups is 1. The van der Waals surface area contributed by atoms with Crippen molar-refractivity contribution in [1.82, 2.24) is 10.6 Å². The summed E-state index contributed by atoms with van der Waals surface area (Å²) in [5.74, 6) is 0.764. The van der Waals surface area contributed by atoms with E-state index in [9.17, 15) is 10.1 Å². The van der Waals surface area contributed by atoms with Crippen LogP contribution in [0.3, 0.4) is 0 Å². The van der Waals surface area contributed by atoms with Crippen LogP contribution in [0.1, 0.15) is 32.8 Å². The highest BCUT2D eigenvalue weighted by atomic mass is 16.6. The summed E-state index contributed by atoms with van der Waals surface area (Å²) < 4.78 is 0. The minimum absolute atomic E-state index is 0.0994. The Balaban J connectivity index is 2.67. The van der Waals surface area contributed by atoms with Crippen molar-refractivity contribution >= 4 is 11.6 Å². The molecule has 0 aromatic heterocycles. The van der Waals surface area contributed by atoms with Crippen LogP contribution in [0.2, 0.25) is 0 Å². The molecule has 1 aromatic carbocycles. The molecule has 0 saturated heterocycles. The van der Waals surface area contributed by atoms with Crippen molar-refractivity contribution < 1.29 is 4.92 Å². The average molecular weight is 278 g/mol. The topological polar surface area (TPSA) is 79.6 Å². The first-order valence-electron chi connectivity index (χ1n) is 6.81. The lowest BCUT2D eigenvalue weighted by Gasteiger charge is -2.14. The molecule has 1 aromatic rings. The van der Waals surface area contributed by atoms with Gasteiger partial charge in [-0.15, -0.1) is 0 Å². The highest BCUT2D eigenvalue weighted by Crippen LogP contribution is 2.12. The van der Waals surface area contributed by atoms with E-state index in [4.69, 9.17) is 0 Å². The van der Waals surface area contributed by atoms with E-state index in [-0.39, 0.29) is 5.69 Å². The number of nitro groups is 1. The van der Waals surface area contributed by atoms with Crippen molar-refractivity contribution in [3.05, 3.63) is 39.9 Å². The van der Waals surface area contributed by atoms with Crippen LogP contribution < -0.4 is 10.6 Å². The predicted molar refractivity (Wildman–Crippen MR) is 80.8 cm³/mol. The number of benzene rings is 1. The van der Waals surface area contributed by atoms with Gasteiger partial charge in [-0.2, -0.15) is 0 Å². The van der Waals surface area contributed by atoms with Gasteiger partial charge in [0.15, 0.2) is 5.96 Å². The molecule has 0 heterocycles. The highest BCUT2D eigenvalue weighted by Gasteiger charge is 2.04. The molecule has 2 N–H and O–H groups in total. The Morgan fingerprint density at radius 1 is 1.35 bits per heavy atom. The van der Waals surface area contributed by atoms with Crippen LogP contribution in [0, 0.1) is 10.1 Å². The van der Waals surface area contributed by atoms with E-state index < -0.39 is 4.92 Å². The summed E-state index contributed by atoms with van der Waals surface area (Å²) in [6.07, 6.45) is 1.02. The van der Waals surface area contributed by atoms with Gasteiger partial charge in [-0.25, -0.2) is 4.99 Å². The summed E-state index contributed by atoms with van der Waals surface area (Å²) in [6.45, 7) is 7.54. The lowest BCUT2D eigenvalue weighted by Crippen LogP contribution is -2.41. The molecule has 0 aliphatic rings. The Morgan fingerprint density at radius 2 is 2.00 bits per heavy atom. The minimum Gasteiger partial charge on any atom is -0.356 e. The number of nitrogens with zero attached hydrogens (tertiary/aromatic N) is 2. The highest BCUT2D eigenvalue weighted by molar-refractivity contribution is 5.80. The molecule has 20 heavy (non-hydrogen) atoms. The Hall–Kier alpha value is -2.11. The van der Waals surface area contributed by atoms with Crippen LogP contribution >= 0.6 is 0 Å². The summed E-state index contributed by atoms with van der Waals surface area (Å²) in [6, 6.07) is 6.76. The first kappa shape index (κ1) is 15.9. The fraction of sp³-hybridized carbons (Fsp3) is 0.500. The Bertz CT molecular complexity index is 455. The van der Waals surface area contributed by atoms with Gasteiger partial charge < -0.3 is 10.6 Å². The number of nitro benzene ring substituents is 1. The predicted octanol–water partition coefficient (Wildman–Crippen LogP) is 2.45. The third kappa shape index (κ3) is 5.69. The quantitative estimate of drug-likeness (QED) is 0.362. The molecule has 0 aliphatic carbocycles. The van der Waals surface area contributed by atoms with Crippen LogP contribution in [-0.4, -0.2) is 23.5 Å². The first-order chi connectivity index (χ1) is 9.52. The molecule has 0 spiro atoms. The van der Waals surface area contributed by atoms with E-state index in [0.717, 1.165) is 24.5 Å². The molecule has 6 nitrogen and oxygen atoms in total. The second kappa shape index (κ2) is 8.14. The number of aliphatic imine (C=N–C) groups is 1. The summed E-state index contributed by atoms with van der Waals surface area (Å²) in [5.41, 5.74) is 1.04. The van der Waals surface area contributed by atoms with Gasteiger partial charge in [0, 0.05) is 24.7 Å². The SMILES string of the molecule is CCCNC(=NCc1ccc([N+](=O)[O-])cc1)NC(C)C. The molecule has 0 unspecified atom stereocenters. The van der Waals surface area contributed by atoms with Crippen molar-refractivity contribution in [2.75, 3.05) is 6.54 Å². The number of rotatable bonds is 6. The van der Waals surface area contributed by atoms with Gasteiger partial charge in [-0.1, -0.05) is 19.1 Å². The van der Waals surface area contributed by atoms with Gasteiger partial charge in [0.25, 0.3) is 5.69 Å². The van der Waals surface area contributed by atoms with E-state index in [1.165, 1.54) is 12.1 Å². The zero-order chi connectivity index (χ0) is 15.0. The number of hydrogen-bond acceptors (Lipinski definition) is 3. The molecule has 0 amide bonds. The normalized spacial score (nSPS) is 11.5. The molecule has 0 fully saturated rings. The molecule has 6 heteroatoms. The fourth-order valence-electron chi connectivity index (χ4n) is 1.56. The third-order valence-corrected chi connectivity index (χ3v) is 2.53. The maximum absolute atomic E-state index is 10.6. The molecule has 1 rings (SSSR count). The molecular formula is C14H22N4O2. The van der Waals surface area contributed by atoms with Gasteiger partial charge in [-0.3, -0.25) is 10.1 Å². The molecule has 0 radical (unpaired) electrons. The standard InChI is InChI=1S/C14H22N4O2/c1-4-9-15-14(17-11(2)3)16-10-12-5-7-13(8-6-12)18(19)20/h5-8,11H,4,9-10H2,1-3H3,(H2,15,16,17). The van der Waals surface area contributed by atoms with Gasteiger partial charge in [0.2, 0.25) is 0 Å². The average Bonchev–Trinajstić information content (AvgIpc) is 2.41. The Labute approximate surface area is 119 Å². The lowest BCUT2D eigenvalue weighted by molar-refractivity contribution is -0.384. The van der Waals surface area contributed by atoms with Crippen molar-refractivity contribution in [2.45, 2.75) is 39.8 Å². The first-order valence-corrected chi connectivity index (χ1v) is 6.81. The smallest absolute Gasteiger partial charge is 0.269 e. The van der Waals surface area contributed by atoms with Gasteiger partial charge in [0.1, 0.15) is 0 Å². The van der Waals surface area contributed by atoms with E-state index in [0.29, 0.717) is 12.6 Å². The number of nitrogens with one attached hydrogen (secondary N) is 2.